The molecule has 2 heterocycles. The van der Waals surface area contributed by atoms with Crippen LogP contribution < -0.4 is 4.72 Å². The first-order valence-electron chi connectivity index (χ1n) is 11.8. The zero-order chi connectivity index (χ0) is 27.5. The average molecular weight is 570 g/mol. The summed E-state index contributed by atoms with van der Waals surface area (Å²) >= 11 is 0. The molecule has 0 spiro atoms. The molecule has 5 aromatic rings. The third kappa shape index (κ3) is 4.90. The third-order valence-corrected chi connectivity index (χ3v) is 9.19. The number of fused-ring (bicyclic) bond motifs is 1. The Hall–Kier alpha value is -4.10. The van der Waals surface area contributed by atoms with Crippen molar-refractivity contribution in [2.24, 2.45) is 0 Å². The van der Waals surface area contributed by atoms with E-state index in [0.717, 1.165) is 22.5 Å². The van der Waals surface area contributed by atoms with Crippen LogP contribution in [0.25, 0.3) is 39.0 Å². The number of anilines is 1. The van der Waals surface area contributed by atoms with E-state index >= 15 is 0 Å². The summed E-state index contributed by atoms with van der Waals surface area (Å²) in [4.78, 5) is 4.47. The van der Waals surface area contributed by atoms with Crippen LogP contribution in [0.1, 0.15) is 12.8 Å². The van der Waals surface area contributed by atoms with Crippen molar-refractivity contribution < 1.29 is 25.6 Å². The molecule has 6 rings (SSSR count). The van der Waals surface area contributed by atoms with Crippen LogP contribution >= 0.6 is 0 Å². The van der Waals surface area contributed by atoms with E-state index in [1.165, 1.54) is 24.5 Å². The number of hydrogen-bond acceptors (Lipinski definition) is 6. The predicted octanol–water partition coefficient (Wildman–Crippen LogP) is 4.55. The first-order valence-corrected chi connectivity index (χ1v) is 15.2. The fourth-order valence-corrected chi connectivity index (χ4v) is 6.24. The van der Waals surface area contributed by atoms with Crippen LogP contribution in [0.5, 0.6) is 0 Å². The molecule has 0 unspecified atom stereocenters. The summed E-state index contributed by atoms with van der Waals surface area (Å²) < 4.78 is 82.4. The minimum atomic E-state index is -3.61. The van der Waals surface area contributed by atoms with Gasteiger partial charge >= 0.3 is 0 Å². The van der Waals surface area contributed by atoms with Crippen LogP contribution in [0.15, 0.2) is 73.3 Å². The highest BCUT2D eigenvalue weighted by Gasteiger charge is 2.35. The molecule has 1 aliphatic carbocycles. The van der Waals surface area contributed by atoms with Crippen molar-refractivity contribution >= 4 is 36.8 Å². The molecular formula is C26H21F2N5O4S2. The van der Waals surface area contributed by atoms with E-state index in [-0.39, 0.29) is 11.3 Å². The van der Waals surface area contributed by atoms with E-state index in [4.69, 9.17) is 0 Å². The number of imidazole rings is 1. The molecule has 39 heavy (non-hydrogen) atoms. The third-order valence-electron chi connectivity index (χ3n) is 6.44. The van der Waals surface area contributed by atoms with Gasteiger partial charge in [-0.1, -0.05) is 6.07 Å². The molecule has 1 aliphatic rings. The van der Waals surface area contributed by atoms with Gasteiger partial charge in [0.05, 0.1) is 40.6 Å². The van der Waals surface area contributed by atoms with Gasteiger partial charge in [0.25, 0.3) is 10.0 Å². The van der Waals surface area contributed by atoms with E-state index < -0.39 is 36.9 Å². The van der Waals surface area contributed by atoms with Crippen LogP contribution in [-0.2, 0) is 20.0 Å². The summed E-state index contributed by atoms with van der Waals surface area (Å²) in [5.41, 5.74) is 3.74. The van der Waals surface area contributed by atoms with Gasteiger partial charge in [-0.15, -0.1) is 0 Å². The molecule has 0 radical (unpaired) electrons. The van der Waals surface area contributed by atoms with Gasteiger partial charge in [-0.2, -0.15) is 9.19 Å². The molecule has 1 saturated carbocycles. The summed E-state index contributed by atoms with van der Waals surface area (Å²) in [5, 5.41) is 3.43. The molecule has 0 amide bonds. The monoisotopic (exact) mass is 569 g/mol. The van der Waals surface area contributed by atoms with Crippen LogP contribution in [0.4, 0.5) is 14.5 Å². The van der Waals surface area contributed by atoms with Gasteiger partial charge < -0.3 is 0 Å². The minimum absolute atomic E-state index is 0.111. The van der Waals surface area contributed by atoms with Crippen LogP contribution in [0, 0.1) is 11.6 Å². The largest absolute Gasteiger partial charge is 0.299 e. The molecule has 0 atom stereocenters. The Kier molecular flexibility index (Phi) is 5.81. The summed E-state index contributed by atoms with van der Waals surface area (Å²) in [6, 6.07) is 13.4. The summed E-state index contributed by atoms with van der Waals surface area (Å²) in [6.45, 7) is 0. The van der Waals surface area contributed by atoms with Gasteiger partial charge in [-0.3, -0.25) is 9.29 Å². The number of rotatable bonds is 7. The summed E-state index contributed by atoms with van der Waals surface area (Å²) in [7, 11) is -7.13. The van der Waals surface area contributed by atoms with Crippen LogP contribution in [0.2, 0.25) is 0 Å². The number of sulfonamides is 1. The Balaban J connectivity index is 1.45. The van der Waals surface area contributed by atoms with E-state index in [2.05, 4.69) is 14.8 Å². The van der Waals surface area contributed by atoms with E-state index in [9.17, 15) is 25.6 Å². The van der Waals surface area contributed by atoms with E-state index in [1.54, 1.807) is 41.2 Å². The lowest BCUT2D eigenvalue weighted by Crippen LogP contribution is -2.17. The Morgan fingerprint density at radius 2 is 1.72 bits per heavy atom. The number of nitrogens with zero attached hydrogens (tertiary/aromatic N) is 4. The molecule has 1 N–H and O–H groups in total. The Bertz CT molecular complexity index is 1980. The number of benzene rings is 3. The average Bonchev–Trinajstić information content (AvgIpc) is 3.46. The highest BCUT2D eigenvalue weighted by molar-refractivity contribution is 7.93. The number of aromatic nitrogens is 4. The maximum absolute atomic E-state index is 14.7. The topological polar surface area (TPSA) is 116 Å². The Morgan fingerprint density at radius 3 is 2.41 bits per heavy atom. The highest BCUT2D eigenvalue weighted by Crippen LogP contribution is 2.34. The van der Waals surface area contributed by atoms with Gasteiger partial charge in [-0.05, 0) is 66.4 Å². The first kappa shape index (κ1) is 25.2. The fourth-order valence-electron chi connectivity index (χ4n) is 4.35. The Morgan fingerprint density at radius 1 is 0.923 bits per heavy atom. The van der Waals surface area contributed by atoms with Crippen molar-refractivity contribution in [2.45, 2.75) is 18.1 Å². The van der Waals surface area contributed by atoms with Crippen LogP contribution in [-0.4, -0.2) is 47.1 Å². The molecular weight excluding hydrogens is 548 g/mol. The van der Waals surface area contributed by atoms with Crippen molar-refractivity contribution in [1.29, 1.82) is 0 Å². The van der Waals surface area contributed by atoms with E-state index in [1.807, 2.05) is 0 Å². The number of hydrogen-bond donors (Lipinski definition) is 1. The standard InChI is InChI=1S/C26H21F2N5O4S2/c1-38(34,35)33-14-18(13-30-33)16-2-7-26-25(10-16)29-15-32(26)21-9-17(23-6-3-19(27)11-24(23)28)8-20(12-21)31-39(36,37)22-4-5-22/h2-3,6-15,22,31H,4-5H2,1H3. The van der Waals surface area contributed by atoms with Crippen molar-refractivity contribution in [3.8, 4) is 27.9 Å². The van der Waals surface area contributed by atoms with Crippen LogP contribution in [0.3, 0.4) is 0 Å². The second kappa shape index (κ2) is 8.99. The highest BCUT2D eigenvalue weighted by atomic mass is 32.2. The normalized spacial score (nSPS) is 14.1. The molecule has 0 aliphatic heterocycles. The molecule has 0 saturated heterocycles. The van der Waals surface area contributed by atoms with Crippen molar-refractivity contribution in [2.75, 3.05) is 11.0 Å². The molecule has 200 valence electrons. The lowest BCUT2D eigenvalue weighted by Gasteiger charge is -2.14. The second-order valence-electron chi connectivity index (χ2n) is 9.42. The van der Waals surface area contributed by atoms with Crippen molar-refractivity contribution in [3.05, 3.63) is 85.0 Å². The predicted molar refractivity (Wildman–Crippen MR) is 143 cm³/mol. The molecule has 3 aromatic carbocycles. The lowest BCUT2D eigenvalue weighted by atomic mass is 10.0. The molecule has 13 heteroatoms. The van der Waals surface area contributed by atoms with Gasteiger partial charge in [-0.25, -0.2) is 30.6 Å². The molecule has 9 nitrogen and oxygen atoms in total. The maximum Gasteiger partial charge on any atom is 0.250 e. The SMILES string of the molecule is CS(=O)(=O)n1cc(-c2ccc3c(c2)ncn3-c2cc(NS(=O)(=O)C3CC3)cc(-c3ccc(F)cc3F)c2)cn1. The van der Waals surface area contributed by atoms with E-state index in [0.29, 0.717) is 46.3 Å². The summed E-state index contributed by atoms with van der Waals surface area (Å²) in [6.07, 6.45) is 6.61. The minimum Gasteiger partial charge on any atom is -0.299 e. The lowest BCUT2D eigenvalue weighted by molar-refractivity contribution is 0.585. The Labute approximate surface area is 222 Å². The zero-order valence-corrected chi connectivity index (χ0v) is 22.0. The quantitative estimate of drug-likeness (QED) is 0.308. The van der Waals surface area contributed by atoms with Crippen molar-refractivity contribution in [3.63, 3.8) is 0 Å². The van der Waals surface area contributed by atoms with Gasteiger partial charge in [0.1, 0.15) is 18.0 Å². The number of nitrogens with one attached hydrogen (secondary N) is 1. The van der Waals surface area contributed by atoms with Gasteiger partial charge in [0.2, 0.25) is 10.0 Å². The number of halogens is 2. The van der Waals surface area contributed by atoms with Crippen molar-refractivity contribution in [1.82, 2.24) is 18.7 Å². The summed E-state index contributed by atoms with van der Waals surface area (Å²) in [5.74, 6) is -1.50. The van der Waals surface area contributed by atoms with Gasteiger partial charge in [0, 0.05) is 22.9 Å². The molecule has 0 bridgehead atoms. The maximum atomic E-state index is 14.7. The smallest absolute Gasteiger partial charge is 0.250 e. The molecule has 2 aromatic heterocycles. The van der Waals surface area contributed by atoms with Gasteiger partial charge in [0.15, 0.2) is 0 Å². The first-order chi connectivity index (χ1) is 18.5. The second-order valence-corrected chi connectivity index (χ2v) is 13.2. The zero-order valence-electron chi connectivity index (χ0n) is 20.4. The fraction of sp³-hybridized carbons (Fsp3) is 0.154. The molecule has 1 fully saturated rings.